The average Bonchev–Trinajstić information content (AvgIpc) is 2.28. The first-order valence-electron chi connectivity index (χ1n) is 5.92. The highest BCUT2D eigenvalue weighted by molar-refractivity contribution is 7.78. The molecule has 4 heteroatoms. The van der Waals surface area contributed by atoms with Crippen molar-refractivity contribution in [2.24, 2.45) is 10.4 Å². The molecule has 0 aromatic rings. The highest BCUT2D eigenvalue weighted by Crippen LogP contribution is 2.39. The zero-order valence-corrected chi connectivity index (χ0v) is 10.6. The van der Waals surface area contributed by atoms with Crippen LogP contribution in [0.25, 0.3) is 0 Å². The van der Waals surface area contributed by atoms with E-state index in [4.69, 9.17) is 4.74 Å². The Balaban J connectivity index is 2.61. The number of isothiocyanates is 1. The molecule has 0 heterocycles. The van der Waals surface area contributed by atoms with E-state index in [9.17, 15) is 4.79 Å². The third-order valence-corrected chi connectivity index (χ3v) is 3.35. The molecule has 0 saturated heterocycles. The Labute approximate surface area is 102 Å². The van der Waals surface area contributed by atoms with Crippen molar-refractivity contribution in [2.75, 3.05) is 13.2 Å². The van der Waals surface area contributed by atoms with Gasteiger partial charge in [0.1, 0.15) is 0 Å². The van der Waals surface area contributed by atoms with Crippen LogP contribution in [0, 0.1) is 5.41 Å². The van der Waals surface area contributed by atoms with Crippen molar-refractivity contribution in [3.05, 3.63) is 0 Å². The van der Waals surface area contributed by atoms with Crippen LogP contribution in [0.15, 0.2) is 4.99 Å². The van der Waals surface area contributed by atoms with Crippen molar-refractivity contribution in [3.8, 4) is 0 Å². The molecule has 3 nitrogen and oxygen atoms in total. The summed E-state index contributed by atoms with van der Waals surface area (Å²) in [6, 6.07) is 0. The molecule has 90 valence electrons. The maximum absolute atomic E-state index is 11.6. The first kappa shape index (κ1) is 13.3. The van der Waals surface area contributed by atoms with Gasteiger partial charge in [0.05, 0.1) is 24.7 Å². The molecule has 0 N–H and O–H groups in total. The second-order valence-corrected chi connectivity index (χ2v) is 4.63. The molecule has 0 aromatic heterocycles. The van der Waals surface area contributed by atoms with Gasteiger partial charge in [-0.15, -0.1) is 0 Å². The number of hydrogen-bond donors (Lipinski definition) is 0. The topological polar surface area (TPSA) is 38.7 Å². The third-order valence-electron chi connectivity index (χ3n) is 3.22. The molecule has 0 amide bonds. The summed E-state index contributed by atoms with van der Waals surface area (Å²) < 4.78 is 5.02. The molecule has 0 radical (unpaired) electrons. The summed E-state index contributed by atoms with van der Waals surface area (Å²) in [4.78, 5) is 15.6. The fourth-order valence-electron chi connectivity index (χ4n) is 2.41. The van der Waals surface area contributed by atoms with Gasteiger partial charge < -0.3 is 4.74 Å². The van der Waals surface area contributed by atoms with Crippen LogP contribution in [-0.4, -0.2) is 24.3 Å². The summed E-state index contributed by atoms with van der Waals surface area (Å²) in [6.45, 7) is 2.90. The van der Waals surface area contributed by atoms with Gasteiger partial charge in [0, 0.05) is 5.41 Å². The van der Waals surface area contributed by atoms with E-state index in [-0.39, 0.29) is 11.4 Å². The standard InChI is InChI=1S/C12H19NO2S/c1-2-15-11(14)8-12(9-13-10-16)6-4-3-5-7-12/h2-9H2,1H3. The number of aliphatic imine (C=N–C) groups is 1. The zero-order chi connectivity index (χ0) is 11.9. The molecule has 1 aliphatic carbocycles. The van der Waals surface area contributed by atoms with Crippen LogP contribution in [0.3, 0.4) is 0 Å². The fourth-order valence-corrected chi connectivity index (χ4v) is 2.48. The Morgan fingerprint density at radius 3 is 2.69 bits per heavy atom. The van der Waals surface area contributed by atoms with Crippen molar-refractivity contribution in [3.63, 3.8) is 0 Å². The highest BCUT2D eigenvalue weighted by Gasteiger charge is 2.34. The van der Waals surface area contributed by atoms with E-state index in [0.29, 0.717) is 19.6 Å². The number of carbonyl (C=O) groups excluding carboxylic acids is 1. The monoisotopic (exact) mass is 241 g/mol. The number of carbonyl (C=O) groups is 1. The van der Waals surface area contributed by atoms with Gasteiger partial charge in [0.2, 0.25) is 0 Å². The van der Waals surface area contributed by atoms with Gasteiger partial charge in [0.25, 0.3) is 0 Å². The van der Waals surface area contributed by atoms with E-state index in [1.54, 1.807) is 0 Å². The molecular formula is C12H19NO2S. The van der Waals surface area contributed by atoms with E-state index in [0.717, 1.165) is 12.8 Å². The largest absolute Gasteiger partial charge is 0.466 e. The molecule has 0 unspecified atom stereocenters. The molecule has 0 aromatic carbocycles. The Bertz CT molecular complexity index is 279. The van der Waals surface area contributed by atoms with E-state index in [1.807, 2.05) is 6.92 Å². The molecule has 1 fully saturated rings. The van der Waals surface area contributed by atoms with Crippen LogP contribution in [0.4, 0.5) is 0 Å². The summed E-state index contributed by atoms with van der Waals surface area (Å²) in [5, 5.41) is 2.40. The summed E-state index contributed by atoms with van der Waals surface area (Å²) in [7, 11) is 0. The lowest BCUT2D eigenvalue weighted by Gasteiger charge is -2.34. The Morgan fingerprint density at radius 1 is 1.44 bits per heavy atom. The Morgan fingerprint density at radius 2 is 2.12 bits per heavy atom. The highest BCUT2D eigenvalue weighted by atomic mass is 32.1. The van der Waals surface area contributed by atoms with Crippen LogP contribution in [0.1, 0.15) is 45.4 Å². The lowest BCUT2D eigenvalue weighted by atomic mass is 9.72. The number of esters is 1. The Hall–Kier alpha value is -0.730. The van der Waals surface area contributed by atoms with Gasteiger partial charge in [-0.05, 0) is 32.0 Å². The number of nitrogens with zero attached hydrogens (tertiary/aromatic N) is 1. The van der Waals surface area contributed by atoms with Gasteiger partial charge in [-0.25, -0.2) is 4.99 Å². The number of thiocarbonyl (C=S) groups is 1. The van der Waals surface area contributed by atoms with Crippen LogP contribution >= 0.6 is 12.2 Å². The van der Waals surface area contributed by atoms with E-state index in [1.165, 1.54) is 19.3 Å². The Kier molecular flexibility index (Phi) is 5.64. The molecule has 0 spiro atoms. The second kappa shape index (κ2) is 6.77. The summed E-state index contributed by atoms with van der Waals surface area (Å²) in [5.74, 6) is -0.107. The smallest absolute Gasteiger partial charge is 0.306 e. The van der Waals surface area contributed by atoms with Gasteiger partial charge in [-0.3, -0.25) is 4.79 Å². The average molecular weight is 241 g/mol. The zero-order valence-electron chi connectivity index (χ0n) is 9.83. The van der Waals surface area contributed by atoms with Crippen LogP contribution in [0.2, 0.25) is 0 Å². The summed E-state index contributed by atoms with van der Waals surface area (Å²) in [5.41, 5.74) is -0.0175. The maximum atomic E-state index is 11.6. The first-order valence-corrected chi connectivity index (χ1v) is 6.32. The fraction of sp³-hybridized carbons (Fsp3) is 0.833. The van der Waals surface area contributed by atoms with Crippen molar-refractivity contribution < 1.29 is 9.53 Å². The van der Waals surface area contributed by atoms with Gasteiger partial charge in [-0.1, -0.05) is 19.3 Å². The normalized spacial score (nSPS) is 18.6. The minimum Gasteiger partial charge on any atom is -0.466 e. The van der Waals surface area contributed by atoms with Crippen LogP contribution in [0.5, 0.6) is 0 Å². The molecular weight excluding hydrogens is 222 g/mol. The van der Waals surface area contributed by atoms with Crippen molar-refractivity contribution in [1.29, 1.82) is 0 Å². The molecule has 0 aliphatic heterocycles. The minimum atomic E-state index is -0.107. The molecule has 1 aliphatic rings. The van der Waals surface area contributed by atoms with Crippen molar-refractivity contribution in [2.45, 2.75) is 45.4 Å². The minimum absolute atomic E-state index is 0.0175. The van der Waals surface area contributed by atoms with Gasteiger partial charge >= 0.3 is 5.97 Å². The summed E-state index contributed by atoms with van der Waals surface area (Å²) >= 11 is 4.60. The summed E-state index contributed by atoms with van der Waals surface area (Å²) in [6.07, 6.45) is 6.17. The maximum Gasteiger partial charge on any atom is 0.306 e. The molecule has 0 bridgehead atoms. The van der Waals surface area contributed by atoms with Crippen molar-refractivity contribution in [1.82, 2.24) is 0 Å². The predicted octanol–water partition coefficient (Wildman–Crippen LogP) is 2.99. The van der Waals surface area contributed by atoms with Crippen LogP contribution < -0.4 is 0 Å². The van der Waals surface area contributed by atoms with Gasteiger partial charge in [-0.2, -0.15) is 0 Å². The molecule has 16 heavy (non-hydrogen) atoms. The third kappa shape index (κ3) is 4.03. The first-order chi connectivity index (χ1) is 7.72. The number of rotatable bonds is 5. The quantitative estimate of drug-likeness (QED) is 0.422. The van der Waals surface area contributed by atoms with Gasteiger partial charge in [0.15, 0.2) is 0 Å². The molecule has 1 rings (SSSR count). The van der Waals surface area contributed by atoms with Crippen LogP contribution in [-0.2, 0) is 9.53 Å². The lowest BCUT2D eigenvalue weighted by Crippen LogP contribution is -2.31. The second-order valence-electron chi connectivity index (χ2n) is 4.45. The molecule has 1 saturated carbocycles. The lowest BCUT2D eigenvalue weighted by molar-refractivity contribution is -0.146. The van der Waals surface area contributed by atoms with E-state index < -0.39 is 0 Å². The number of hydrogen-bond acceptors (Lipinski definition) is 4. The number of ether oxygens (including phenoxy) is 1. The van der Waals surface area contributed by atoms with Crippen molar-refractivity contribution >= 4 is 23.3 Å². The molecule has 0 atom stereocenters. The predicted molar refractivity (Wildman–Crippen MR) is 66.7 cm³/mol. The van der Waals surface area contributed by atoms with E-state index in [2.05, 4.69) is 22.4 Å². The SMILES string of the molecule is CCOC(=O)CC1(CN=C=S)CCCCC1. The van der Waals surface area contributed by atoms with E-state index >= 15 is 0 Å².